The fourth-order valence-electron chi connectivity index (χ4n) is 2.04. The lowest BCUT2D eigenvalue weighted by molar-refractivity contribution is 0.932. The largest absolute Gasteiger partial charge is 0.326 e. The predicted molar refractivity (Wildman–Crippen MR) is 75.1 cm³/mol. The Hall–Kier alpha value is -1.91. The maximum atomic E-state index is 6.17. The second kappa shape index (κ2) is 4.99. The van der Waals surface area contributed by atoms with Crippen molar-refractivity contribution in [1.82, 2.24) is 14.6 Å². The fraction of sp³-hybridized carbons (Fsp3) is 0.143. The van der Waals surface area contributed by atoms with E-state index in [0.717, 1.165) is 27.6 Å². The van der Waals surface area contributed by atoms with Gasteiger partial charge in [0.2, 0.25) is 0 Å². The monoisotopic (exact) mass is 272 g/mol. The van der Waals surface area contributed by atoms with Gasteiger partial charge in [0.05, 0.1) is 0 Å². The molecule has 0 radical (unpaired) electrons. The molecule has 0 spiro atoms. The third-order valence-electron chi connectivity index (χ3n) is 3.09. The Morgan fingerprint density at radius 1 is 1.16 bits per heavy atom. The van der Waals surface area contributed by atoms with Gasteiger partial charge in [-0.1, -0.05) is 29.8 Å². The van der Waals surface area contributed by atoms with Crippen LogP contribution < -0.4 is 5.73 Å². The van der Waals surface area contributed by atoms with Crippen LogP contribution in [0.3, 0.4) is 0 Å². The molecule has 0 saturated heterocycles. The third-order valence-corrected chi connectivity index (χ3v) is 3.46. The van der Waals surface area contributed by atoms with Gasteiger partial charge >= 0.3 is 0 Å². The van der Waals surface area contributed by atoms with E-state index in [2.05, 4.69) is 10.2 Å². The smallest absolute Gasteiger partial charge is 0.161 e. The van der Waals surface area contributed by atoms with Crippen molar-refractivity contribution in [2.45, 2.75) is 13.0 Å². The molecule has 96 valence electrons. The zero-order valence-corrected chi connectivity index (χ0v) is 11.0. The van der Waals surface area contributed by atoms with E-state index in [4.69, 9.17) is 17.3 Å². The van der Waals surface area contributed by atoms with Gasteiger partial charge in [-0.3, -0.25) is 4.40 Å². The summed E-state index contributed by atoms with van der Waals surface area (Å²) >= 11 is 6.17. The first-order chi connectivity index (χ1) is 9.28. The minimum atomic E-state index is 0.503. The molecule has 0 unspecified atom stereocenters. The summed E-state index contributed by atoms with van der Waals surface area (Å²) in [5.74, 6) is 0.867. The molecule has 1 aromatic carbocycles. The number of benzene rings is 1. The van der Waals surface area contributed by atoms with Gasteiger partial charge in [0.25, 0.3) is 0 Å². The highest BCUT2D eigenvalue weighted by Crippen LogP contribution is 2.18. The van der Waals surface area contributed by atoms with Crippen molar-refractivity contribution < 1.29 is 0 Å². The topological polar surface area (TPSA) is 56.2 Å². The number of hydrogen-bond donors (Lipinski definition) is 1. The van der Waals surface area contributed by atoms with Gasteiger partial charge in [-0.2, -0.15) is 0 Å². The number of rotatable bonds is 3. The van der Waals surface area contributed by atoms with Gasteiger partial charge in [0, 0.05) is 24.2 Å². The minimum Gasteiger partial charge on any atom is -0.326 e. The summed E-state index contributed by atoms with van der Waals surface area (Å²) in [4.78, 5) is 0. The first-order valence-corrected chi connectivity index (χ1v) is 6.42. The van der Waals surface area contributed by atoms with Crippen LogP contribution in [0.5, 0.6) is 0 Å². The summed E-state index contributed by atoms with van der Waals surface area (Å²) in [6, 6.07) is 11.7. The van der Waals surface area contributed by atoms with Crippen molar-refractivity contribution >= 4 is 17.2 Å². The van der Waals surface area contributed by atoms with Crippen molar-refractivity contribution in [1.29, 1.82) is 0 Å². The molecule has 0 aliphatic carbocycles. The highest BCUT2D eigenvalue weighted by atomic mass is 35.5. The third kappa shape index (κ3) is 2.32. The average Bonchev–Trinajstić information content (AvgIpc) is 2.83. The average molecular weight is 273 g/mol. The van der Waals surface area contributed by atoms with Crippen molar-refractivity contribution in [3.63, 3.8) is 0 Å². The predicted octanol–water partition coefficient (Wildman–Crippen LogP) is 2.43. The molecular weight excluding hydrogens is 260 g/mol. The van der Waals surface area contributed by atoms with Crippen molar-refractivity contribution in [2.75, 3.05) is 0 Å². The summed E-state index contributed by atoms with van der Waals surface area (Å²) in [6.07, 6.45) is 2.60. The van der Waals surface area contributed by atoms with Gasteiger partial charge in [0.15, 0.2) is 5.65 Å². The van der Waals surface area contributed by atoms with E-state index in [1.54, 1.807) is 0 Å². The molecule has 0 saturated carbocycles. The Balaban J connectivity index is 2.00. The zero-order chi connectivity index (χ0) is 13.2. The number of halogens is 1. The molecular formula is C14H13ClN4. The molecule has 4 nitrogen and oxygen atoms in total. The Kier molecular flexibility index (Phi) is 3.19. The maximum absolute atomic E-state index is 6.17. The summed E-state index contributed by atoms with van der Waals surface area (Å²) in [5, 5.41) is 9.14. The lowest BCUT2D eigenvalue weighted by Crippen LogP contribution is -2.00. The molecule has 0 bridgehead atoms. The van der Waals surface area contributed by atoms with Crippen LogP contribution in [0, 0.1) is 0 Å². The summed E-state index contributed by atoms with van der Waals surface area (Å²) in [5.41, 5.74) is 8.51. The highest BCUT2D eigenvalue weighted by molar-refractivity contribution is 6.31. The van der Waals surface area contributed by atoms with Crippen LogP contribution in [-0.2, 0) is 13.0 Å². The van der Waals surface area contributed by atoms with E-state index < -0.39 is 0 Å². The molecule has 2 heterocycles. The zero-order valence-electron chi connectivity index (χ0n) is 10.3. The summed E-state index contributed by atoms with van der Waals surface area (Å²) in [7, 11) is 0. The number of hydrogen-bond acceptors (Lipinski definition) is 3. The van der Waals surface area contributed by atoms with Crippen LogP contribution in [0.25, 0.3) is 5.65 Å². The second-order valence-corrected chi connectivity index (χ2v) is 4.76. The van der Waals surface area contributed by atoms with Crippen LogP contribution in [0.1, 0.15) is 17.0 Å². The number of fused-ring (bicyclic) bond motifs is 1. The first-order valence-electron chi connectivity index (χ1n) is 6.04. The quantitative estimate of drug-likeness (QED) is 0.797. The molecule has 3 rings (SSSR count). The van der Waals surface area contributed by atoms with E-state index >= 15 is 0 Å². The van der Waals surface area contributed by atoms with Gasteiger partial charge in [-0.05, 0) is 29.3 Å². The molecule has 2 aromatic heterocycles. The van der Waals surface area contributed by atoms with Crippen LogP contribution in [0.15, 0.2) is 42.6 Å². The Bertz CT molecular complexity index is 720. The Labute approximate surface area is 115 Å². The van der Waals surface area contributed by atoms with E-state index in [-0.39, 0.29) is 0 Å². The molecule has 19 heavy (non-hydrogen) atoms. The Morgan fingerprint density at radius 2 is 2.00 bits per heavy atom. The van der Waals surface area contributed by atoms with Crippen molar-refractivity contribution in [2.24, 2.45) is 5.73 Å². The standard InChI is InChI=1S/C14H13ClN4/c15-12-4-2-1-3-11(12)8-14-18-17-13-7-10(9-16)5-6-19(13)14/h1-7H,8-9,16H2. The molecule has 0 amide bonds. The second-order valence-electron chi connectivity index (χ2n) is 4.35. The number of nitrogens with zero attached hydrogens (tertiary/aromatic N) is 3. The van der Waals surface area contributed by atoms with Gasteiger partial charge < -0.3 is 5.73 Å². The molecule has 2 N–H and O–H groups in total. The molecule has 3 aromatic rings. The number of pyridine rings is 1. The molecule has 0 aliphatic heterocycles. The minimum absolute atomic E-state index is 0.503. The van der Waals surface area contributed by atoms with Crippen LogP contribution >= 0.6 is 11.6 Å². The van der Waals surface area contributed by atoms with E-state index in [0.29, 0.717) is 13.0 Å². The SMILES string of the molecule is NCc1ccn2c(Cc3ccccc3Cl)nnc2c1. The highest BCUT2D eigenvalue weighted by Gasteiger charge is 2.08. The maximum Gasteiger partial charge on any atom is 0.161 e. The first kappa shape index (κ1) is 12.1. The van der Waals surface area contributed by atoms with Gasteiger partial charge in [-0.25, -0.2) is 0 Å². The number of nitrogens with two attached hydrogens (primary N) is 1. The molecule has 5 heteroatoms. The van der Waals surface area contributed by atoms with E-state index in [9.17, 15) is 0 Å². The molecule has 0 atom stereocenters. The fourth-order valence-corrected chi connectivity index (χ4v) is 2.24. The normalized spacial score (nSPS) is 11.1. The van der Waals surface area contributed by atoms with Gasteiger partial charge in [0.1, 0.15) is 5.82 Å². The number of aromatic nitrogens is 3. The van der Waals surface area contributed by atoms with Crippen LogP contribution in [-0.4, -0.2) is 14.6 Å². The lowest BCUT2D eigenvalue weighted by Gasteiger charge is -2.03. The van der Waals surface area contributed by atoms with Gasteiger partial charge in [-0.15, -0.1) is 10.2 Å². The molecule has 0 fully saturated rings. The van der Waals surface area contributed by atoms with Crippen molar-refractivity contribution in [3.8, 4) is 0 Å². The lowest BCUT2D eigenvalue weighted by atomic mass is 10.1. The van der Waals surface area contributed by atoms with Crippen molar-refractivity contribution in [3.05, 3.63) is 64.6 Å². The van der Waals surface area contributed by atoms with Crippen LogP contribution in [0.4, 0.5) is 0 Å². The van der Waals surface area contributed by atoms with Crippen LogP contribution in [0.2, 0.25) is 5.02 Å². The Morgan fingerprint density at radius 3 is 2.79 bits per heavy atom. The summed E-state index contributed by atoms with van der Waals surface area (Å²) < 4.78 is 1.96. The van der Waals surface area contributed by atoms with E-state index in [1.807, 2.05) is 47.0 Å². The van der Waals surface area contributed by atoms with E-state index in [1.165, 1.54) is 0 Å². The summed E-state index contributed by atoms with van der Waals surface area (Å²) in [6.45, 7) is 0.503. The molecule has 0 aliphatic rings.